The lowest BCUT2D eigenvalue weighted by atomic mass is 9.92. The van der Waals surface area contributed by atoms with Crippen molar-refractivity contribution in [2.24, 2.45) is 5.92 Å². The van der Waals surface area contributed by atoms with E-state index in [2.05, 4.69) is 0 Å². The molecule has 1 aromatic rings. The Morgan fingerprint density at radius 3 is 2.44 bits per heavy atom. The number of para-hydroxylation sites is 1. The normalized spacial score (nSPS) is 22.3. The molecule has 18 heavy (non-hydrogen) atoms. The highest BCUT2D eigenvalue weighted by molar-refractivity contribution is 5.96. The van der Waals surface area contributed by atoms with Crippen LogP contribution in [0, 0.1) is 5.92 Å². The van der Waals surface area contributed by atoms with Gasteiger partial charge >= 0.3 is 0 Å². The average Bonchev–Trinajstić information content (AvgIpc) is 2.39. The molecule has 0 spiro atoms. The summed E-state index contributed by atoms with van der Waals surface area (Å²) in [5.74, 6) is -1.76. The van der Waals surface area contributed by atoms with Crippen LogP contribution < -0.4 is 4.90 Å². The molecule has 1 aromatic carbocycles. The maximum atomic E-state index is 13.4. The first kappa shape index (κ1) is 12.9. The van der Waals surface area contributed by atoms with E-state index in [1.807, 2.05) is 0 Å². The first-order valence-corrected chi connectivity index (χ1v) is 5.90. The van der Waals surface area contributed by atoms with Gasteiger partial charge in [-0.1, -0.05) is 18.2 Å². The molecule has 1 fully saturated rings. The lowest BCUT2D eigenvalue weighted by Gasteiger charge is -2.33. The Labute approximate surface area is 103 Å². The first-order chi connectivity index (χ1) is 8.61. The van der Waals surface area contributed by atoms with Crippen LogP contribution in [0.2, 0.25) is 0 Å². The van der Waals surface area contributed by atoms with Crippen LogP contribution in [0.4, 0.5) is 18.9 Å². The first-order valence-electron chi connectivity index (χ1n) is 5.90. The summed E-state index contributed by atoms with van der Waals surface area (Å²) in [5, 5.41) is 0. The number of rotatable bonds is 3. The number of carbonyl (C=O) groups is 1. The third-order valence-electron chi connectivity index (χ3n) is 3.17. The molecule has 1 aliphatic rings. The van der Waals surface area contributed by atoms with Gasteiger partial charge in [-0.15, -0.1) is 0 Å². The van der Waals surface area contributed by atoms with Gasteiger partial charge in [-0.3, -0.25) is 4.79 Å². The monoisotopic (exact) mass is 257 g/mol. The molecule has 1 heterocycles. The van der Waals surface area contributed by atoms with Crippen LogP contribution in [0.15, 0.2) is 30.3 Å². The molecule has 0 saturated carbocycles. The molecule has 2 unspecified atom stereocenters. The SMILES string of the molecule is O=C1C(C(F)C(F)F)CCCN1c1ccccc1. The van der Waals surface area contributed by atoms with E-state index in [1.54, 1.807) is 30.3 Å². The minimum absolute atomic E-state index is 0.188. The van der Waals surface area contributed by atoms with Crippen LogP contribution in [0.25, 0.3) is 0 Å². The topological polar surface area (TPSA) is 20.3 Å². The van der Waals surface area contributed by atoms with E-state index in [0.717, 1.165) is 0 Å². The van der Waals surface area contributed by atoms with Gasteiger partial charge in [-0.25, -0.2) is 13.2 Å². The third-order valence-corrected chi connectivity index (χ3v) is 3.17. The van der Waals surface area contributed by atoms with Crippen LogP contribution >= 0.6 is 0 Å². The van der Waals surface area contributed by atoms with Gasteiger partial charge in [0.15, 0.2) is 6.17 Å². The summed E-state index contributed by atoms with van der Waals surface area (Å²) in [5.41, 5.74) is 0.633. The van der Waals surface area contributed by atoms with Crippen molar-refractivity contribution in [1.82, 2.24) is 0 Å². The number of hydrogen-bond donors (Lipinski definition) is 0. The number of alkyl halides is 3. The number of amides is 1. The van der Waals surface area contributed by atoms with Crippen LogP contribution in [0.3, 0.4) is 0 Å². The summed E-state index contributed by atoms with van der Waals surface area (Å²) >= 11 is 0. The van der Waals surface area contributed by atoms with E-state index < -0.39 is 24.4 Å². The van der Waals surface area contributed by atoms with Gasteiger partial charge in [0, 0.05) is 12.2 Å². The van der Waals surface area contributed by atoms with Gasteiger partial charge in [0.1, 0.15) is 0 Å². The van der Waals surface area contributed by atoms with Crippen molar-refractivity contribution < 1.29 is 18.0 Å². The average molecular weight is 257 g/mol. The third kappa shape index (κ3) is 2.49. The molecule has 0 radical (unpaired) electrons. The summed E-state index contributed by atoms with van der Waals surface area (Å²) in [6, 6.07) is 8.75. The van der Waals surface area contributed by atoms with Gasteiger partial charge in [0.25, 0.3) is 6.43 Å². The molecule has 0 aromatic heterocycles. The highest BCUT2D eigenvalue weighted by Gasteiger charge is 2.39. The van der Waals surface area contributed by atoms with E-state index in [-0.39, 0.29) is 6.42 Å². The van der Waals surface area contributed by atoms with Crippen molar-refractivity contribution >= 4 is 11.6 Å². The molecule has 98 valence electrons. The Morgan fingerprint density at radius 2 is 1.83 bits per heavy atom. The fourth-order valence-corrected chi connectivity index (χ4v) is 2.24. The number of halogens is 3. The van der Waals surface area contributed by atoms with E-state index in [4.69, 9.17) is 0 Å². The van der Waals surface area contributed by atoms with Crippen molar-refractivity contribution in [3.05, 3.63) is 30.3 Å². The molecule has 2 nitrogen and oxygen atoms in total. The number of hydrogen-bond acceptors (Lipinski definition) is 1. The van der Waals surface area contributed by atoms with E-state index in [9.17, 15) is 18.0 Å². The van der Waals surface area contributed by atoms with Crippen LogP contribution in [-0.4, -0.2) is 25.0 Å². The second-order valence-electron chi connectivity index (χ2n) is 4.35. The Hall–Kier alpha value is -1.52. The van der Waals surface area contributed by atoms with Crippen molar-refractivity contribution in [2.75, 3.05) is 11.4 Å². The highest BCUT2D eigenvalue weighted by atomic mass is 19.3. The smallest absolute Gasteiger partial charge is 0.270 e. The number of piperidine rings is 1. The maximum Gasteiger partial charge on any atom is 0.270 e. The molecule has 1 aliphatic heterocycles. The van der Waals surface area contributed by atoms with Crippen molar-refractivity contribution in [3.8, 4) is 0 Å². The highest BCUT2D eigenvalue weighted by Crippen LogP contribution is 2.29. The zero-order valence-electron chi connectivity index (χ0n) is 9.73. The van der Waals surface area contributed by atoms with E-state index >= 15 is 0 Å². The maximum absolute atomic E-state index is 13.4. The molecule has 1 amide bonds. The molecular weight excluding hydrogens is 243 g/mol. The Balaban J connectivity index is 2.17. The molecule has 0 bridgehead atoms. The number of nitrogens with zero attached hydrogens (tertiary/aromatic N) is 1. The molecular formula is C13H14F3NO. The Morgan fingerprint density at radius 1 is 1.17 bits per heavy atom. The van der Waals surface area contributed by atoms with Crippen molar-refractivity contribution in [2.45, 2.75) is 25.4 Å². The number of benzene rings is 1. The lowest BCUT2D eigenvalue weighted by Crippen LogP contribution is -2.46. The fraction of sp³-hybridized carbons (Fsp3) is 0.462. The van der Waals surface area contributed by atoms with Gasteiger partial charge in [0.05, 0.1) is 5.92 Å². The Bertz CT molecular complexity index is 410. The largest absolute Gasteiger partial charge is 0.312 e. The summed E-state index contributed by atoms with van der Waals surface area (Å²) in [6.07, 6.45) is -4.75. The summed E-state index contributed by atoms with van der Waals surface area (Å²) in [6.45, 7) is 0.454. The zero-order valence-corrected chi connectivity index (χ0v) is 9.73. The zero-order chi connectivity index (χ0) is 13.1. The van der Waals surface area contributed by atoms with Gasteiger partial charge in [-0.2, -0.15) is 0 Å². The van der Waals surface area contributed by atoms with Gasteiger partial charge in [0.2, 0.25) is 5.91 Å². The lowest BCUT2D eigenvalue weighted by molar-refractivity contribution is -0.129. The van der Waals surface area contributed by atoms with Crippen LogP contribution in [-0.2, 0) is 4.79 Å². The van der Waals surface area contributed by atoms with Crippen molar-refractivity contribution in [3.63, 3.8) is 0 Å². The number of anilines is 1. The van der Waals surface area contributed by atoms with Crippen LogP contribution in [0.5, 0.6) is 0 Å². The summed E-state index contributed by atoms with van der Waals surface area (Å²) in [4.78, 5) is 13.4. The van der Waals surface area contributed by atoms with E-state index in [0.29, 0.717) is 18.7 Å². The standard InChI is InChI=1S/C13H14F3NO/c14-11(12(15)16)10-7-4-8-17(13(10)18)9-5-2-1-3-6-9/h1-3,5-6,10-12H,4,7-8H2. The van der Waals surface area contributed by atoms with E-state index in [1.165, 1.54) is 4.90 Å². The van der Waals surface area contributed by atoms with Gasteiger partial charge < -0.3 is 4.90 Å². The summed E-state index contributed by atoms with van der Waals surface area (Å²) in [7, 11) is 0. The molecule has 2 rings (SSSR count). The van der Waals surface area contributed by atoms with Crippen molar-refractivity contribution in [1.29, 1.82) is 0 Å². The molecule has 2 atom stereocenters. The molecule has 5 heteroatoms. The second-order valence-corrected chi connectivity index (χ2v) is 4.35. The molecule has 0 aliphatic carbocycles. The summed E-state index contributed by atoms with van der Waals surface area (Å²) < 4.78 is 38.1. The fourth-order valence-electron chi connectivity index (χ4n) is 2.24. The molecule has 1 saturated heterocycles. The second kappa shape index (κ2) is 5.42. The predicted octanol–water partition coefficient (Wildman–Crippen LogP) is 3.03. The number of carbonyl (C=O) groups excluding carboxylic acids is 1. The minimum atomic E-state index is -3.10. The predicted molar refractivity (Wildman–Crippen MR) is 62.4 cm³/mol. The molecule has 0 N–H and O–H groups in total. The Kier molecular flexibility index (Phi) is 3.89. The van der Waals surface area contributed by atoms with Gasteiger partial charge in [-0.05, 0) is 25.0 Å². The van der Waals surface area contributed by atoms with Crippen LogP contribution in [0.1, 0.15) is 12.8 Å². The minimum Gasteiger partial charge on any atom is -0.312 e. The quantitative estimate of drug-likeness (QED) is 0.815.